The minimum atomic E-state index is -0.683. The highest BCUT2D eigenvalue weighted by Gasteiger charge is 2.15. The molecule has 0 radical (unpaired) electrons. The maximum Gasteiger partial charge on any atom is 0.313 e. The molecule has 0 aliphatic heterocycles. The summed E-state index contributed by atoms with van der Waals surface area (Å²) in [7, 11) is 0. The van der Waals surface area contributed by atoms with Crippen LogP contribution in [0.25, 0.3) is 10.9 Å². The Morgan fingerprint density at radius 2 is 1.96 bits per heavy atom. The Morgan fingerprint density at radius 1 is 1.13 bits per heavy atom. The number of amides is 2. The number of benzene rings is 1. The van der Waals surface area contributed by atoms with Gasteiger partial charge in [0.15, 0.2) is 0 Å². The number of aromatic nitrogens is 1. The van der Waals surface area contributed by atoms with E-state index in [0.717, 1.165) is 21.5 Å². The van der Waals surface area contributed by atoms with Gasteiger partial charge < -0.3 is 10.6 Å². The molecule has 0 saturated carbocycles. The first-order chi connectivity index (χ1) is 11.1. The lowest BCUT2D eigenvalue weighted by molar-refractivity contribution is -0.136. The first-order valence-corrected chi connectivity index (χ1v) is 7.99. The Balaban J connectivity index is 1.73. The van der Waals surface area contributed by atoms with Crippen LogP contribution in [0.1, 0.15) is 10.6 Å². The Labute approximate surface area is 137 Å². The van der Waals surface area contributed by atoms with Crippen LogP contribution in [0.5, 0.6) is 0 Å². The predicted molar refractivity (Wildman–Crippen MR) is 91.3 cm³/mol. The number of fused-ring (bicyclic) bond motifs is 1. The molecule has 2 heterocycles. The average Bonchev–Trinajstić information content (AvgIpc) is 3.05. The molecule has 0 atom stereocenters. The fraction of sp³-hybridized carbons (Fsp3) is 0.118. The van der Waals surface area contributed by atoms with Crippen molar-refractivity contribution in [3.05, 3.63) is 58.4 Å². The third kappa shape index (κ3) is 3.54. The van der Waals surface area contributed by atoms with Crippen molar-refractivity contribution in [1.82, 2.24) is 10.3 Å². The van der Waals surface area contributed by atoms with E-state index in [1.165, 1.54) is 11.3 Å². The van der Waals surface area contributed by atoms with Crippen molar-refractivity contribution in [3.63, 3.8) is 0 Å². The quantitative estimate of drug-likeness (QED) is 0.727. The molecule has 0 bridgehead atoms. The van der Waals surface area contributed by atoms with E-state index < -0.39 is 11.8 Å². The third-order valence-electron chi connectivity index (χ3n) is 3.30. The van der Waals surface area contributed by atoms with E-state index in [2.05, 4.69) is 15.6 Å². The van der Waals surface area contributed by atoms with E-state index in [9.17, 15) is 9.59 Å². The third-order valence-corrected chi connectivity index (χ3v) is 4.18. The number of aryl methyl sites for hydroxylation is 1. The molecule has 0 saturated heterocycles. The maximum absolute atomic E-state index is 12.1. The predicted octanol–water partition coefficient (Wildman–Crippen LogP) is 2.86. The normalized spacial score (nSPS) is 10.5. The molecular formula is C17H15N3O2S. The number of nitrogens with one attached hydrogen (secondary N) is 2. The molecule has 116 valence electrons. The Kier molecular flexibility index (Phi) is 4.34. The lowest BCUT2D eigenvalue weighted by atomic mass is 10.1. The summed E-state index contributed by atoms with van der Waals surface area (Å²) in [6, 6.07) is 13.0. The molecule has 0 fully saturated rings. The molecule has 1 aromatic carbocycles. The maximum atomic E-state index is 12.1. The number of carbonyl (C=O) groups excluding carboxylic acids is 2. The lowest BCUT2D eigenvalue weighted by Crippen LogP contribution is -2.34. The van der Waals surface area contributed by atoms with Gasteiger partial charge in [-0.1, -0.05) is 24.3 Å². The number of para-hydroxylation sites is 1. The molecule has 0 aliphatic carbocycles. The molecule has 0 spiro atoms. The number of anilines is 1. The molecule has 2 N–H and O–H groups in total. The summed E-state index contributed by atoms with van der Waals surface area (Å²) in [5.41, 5.74) is 2.14. The second-order valence-corrected chi connectivity index (χ2v) is 6.08. The van der Waals surface area contributed by atoms with E-state index in [1.807, 2.05) is 48.7 Å². The van der Waals surface area contributed by atoms with Gasteiger partial charge in [-0.3, -0.25) is 14.6 Å². The second-order valence-electron chi connectivity index (χ2n) is 5.04. The van der Waals surface area contributed by atoms with Crippen molar-refractivity contribution in [3.8, 4) is 0 Å². The van der Waals surface area contributed by atoms with Crippen molar-refractivity contribution < 1.29 is 9.59 Å². The van der Waals surface area contributed by atoms with Crippen LogP contribution in [0.3, 0.4) is 0 Å². The number of carbonyl (C=O) groups is 2. The molecule has 3 aromatic rings. The smallest absolute Gasteiger partial charge is 0.313 e. The summed E-state index contributed by atoms with van der Waals surface area (Å²) in [6.07, 6.45) is 0. The van der Waals surface area contributed by atoms with E-state index in [4.69, 9.17) is 0 Å². The van der Waals surface area contributed by atoms with Gasteiger partial charge >= 0.3 is 11.8 Å². The summed E-state index contributed by atoms with van der Waals surface area (Å²) in [5, 5.41) is 8.01. The average molecular weight is 325 g/mol. The molecule has 2 aromatic heterocycles. The number of hydrogen-bond acceptors (Lipinski definition) is 4. The highest BCUT2D eigenvalue weighted by molar-refractivity contribution is 7.09. The zero-order valence-corrected chi connectivity index (χ0v) is 13.3. The van der Waals surface area contributed by atoms with Gasteiger partial charge in [-0.05, 0) is 30.5 Å². The first-order valence-electron chi connectivity index (χ1n) is 7.11. The van der Waals surface area contributed by atoms with Crippen molar-refractivity contribution in [1.29, 1.82) is 0 Å². The molecule has 0 aliphatic rings. The van der Waals surface area contributed by atoms with Crippen LogP contribution in [0.2, 0.25) is 0 Å². The van der Waals surface area contributed by atoms with E-state index in [0.29, 0.717) is 12.2 Å². The number of thiophene rings is 1. The van der Waals surface area contributed by atoms with Crippen LogP contribution in [0, 0.1) is 6.92 Å². The van der Waals surface area contributed by atoms with Gasteiger partial charge in [-0.25, -0.2) is 0 Å². The minimum absolute atomic E-state index is 0.347. The van der Waals surface area contributed by atoms with Crippen LogP contribution in [-0.4, -0.2) is 16.8 Å². The Hall–Kier alpha value is -2.73. The first kappa shape index (κ1) is 15.2. The topological polar surface area (TPSA) is 71.1 Å². The Morgan fingerprint density at radius 3 is 2.74 bits per heavy atom. The lowest BCUT2D eigenvalue weighted by Gasteiger charge is -2.09. The van der Waals surface area contributed by atoms with Gasteiger partial charge in [-0.2, -0.15) is 0 Å². The van der Waals surface area contributed by atoms with Crippen molar-refractivity contribution in [2.24, 2.45) is 0 Å². The largest absolute Gasteiger partial charge is 0.343 e. The summed E-state index contributed by atoms with van der Waals surface area (Å²) in [4.78, 5) is 29.4. The molecular weight excluding hydrogens is 310 g/mol. The van der Waals surface area contributed by atoms with Crippen LogP contribution in [0.4, 0.5) is 5.69 Å². The Bertz CT molecular complexity index is 859. The van der Waals surface area contributed by atoms with Crippen LogP contribution < -0.4 is 10.6 Å². The number of rotatable bonds is 3. The zero-order valence-electron chi connectivity index (χ0n) is 12.5. The van der Waals surface area contributed by atoms with Crippen molar-refractivity contribution in [2.45, 2.75) is 13.5 Å². The van der Waals surface area contributed by atoms with Crippen LogP contribution in [0.15, 0.2) is 47.8 Å². The number of hydrogen-bond donors (Lipinski definition) is 2. The van der Waals surface area contributed by atoms with Crippen LogP contribution in [-0.2, 0) is 16.1 Å². The fourth-order valence-electron chi connectivity index (χ4n) is 2.25. The molecule has 2 amide bonds. The van der Waals surface area contributed by atoms with Gasteiger partial charge in [0.05, 0.1) is 17.7 Å². The minimum Gasteiger partial charge on any atom is -0.343 e. The molecule has 0 unspecified atom stereocenters. The fourth-order valence-corrected chi connectivity index (χ4v) is 2.90. The van der Waals surface area contributed by atoms with Crippen molar-refractivity contribution in [2.75, 3.05) is 5.32 Å². The molecule has 6 heteroatoms. The standard InChI is InChI=1S/C17H15N3O2S/c1-11-9-15(13-6-2-3-7-14(13)19-11)20-17(22)16(21)18-10-12-5-4-8-23-12/h2-9H,10H2,1H3,(H,18,21)(H,19,20,22). The molecule has 5 nitrogen and oxygen atoms in total. The highest BCUT2D eigenvalue weighted by atomic mass is 32.1. The number of nitrogens with zero attached hydrogens (tertiary/aromatic N) is 1. The monoisotopic (exact) mass is 325 g/mol. The second kappa shape index (κ2) is 6.58. The van der Waals surface area contributed by atoms with Gasteiger partial charge in [0.2, 0.25) is 0 Å². The zero-order chi connectivity index (χ0) is 16.2. The molecule has 3 rings (SSSR count). The summed E-state index contributed by atoms with van der Waals surface area (Å²) in [5.74, 6) is -1.34. The van der Waals surface area contributed by atoms with E-state index >= 15 is 0 Å². The van der Waals surface area contributed by atoms with Gasteiger partial charge in [0.25, 0.3) is 0 Å². The van der Waals surface area contributed by atoms with E-state index in [-0.39, 0.29) is 0 Å². The SMILES string of the molecule is Cc1cc(NC(=O)C(=O)NCc2cccs2)c2ccccc2n1. The van der Waals surface area contributed by atoms with E-state index in [1.54, 1.807) is 6.07 Å². The van der Waals surface area contributed by atoms with Gasteiger partial charge in [0.1, 0.15) is 0 Å². The van der Waals surface area contributed by atoms with Gasteiger partial charge in [-0.15, -0.1) is 11.3 Å². The summed E-state index contributed by atoms with van der Waals surface area (Å²) < 4.78 is 0. The number of pyridine rings is 1. The summed E-state index contributed by atoms with van der Waals surface area (Å²) in [6.45, 7) is 2.19. The van der Waals surface area contributed by atoms with Crippen LogP contribution >= 0.6 is 11.3 Å². The summed E-state index contributed by atoms with van der Waals surface area (Å²) >= 11 is 1.53. The van der Waals surface area contributed by atoms with Gasteiger partial charge in [0, 0.05) is 16.0 Å². The molecule has 23 heavy (non-hydrogen) atoms. The van der Waals surface area contributed by atoms with Crippen molar-refractivity contribution >= 4 is 39.7 Å². The highest BCUT2D eigenvalue weighted by Crippen LogP contribution is 2.22.